The summed E-state index contributed by atoms with van der Waals surface area (Å²) in [6.45, 7) is 2.52. The van der Waals surface area contributed by atoms with Crippen molar-refractivity contribution >= 4 is 63.4 Å². The molecule has 2 heterocycles. The normalized spacial score (nSPS) is 15.3. The molecule has 0 aliphatic carbocycles. The molecule has 0 spiro atoms. The number of benzene rings is 2. The molecule has 2 amide bonds. The third kappa shape index (κ3) is 6.04. The molecule has 1 atom stereocenters. The summed E-state index contributed by atoms with van der Waals surface area (Å²) in [7, 11) is 0. The number of halogens is 3. The molecule has 0 saturated carbocycles. The average molecular weight is 537 g/mol. The molecule has 4 N–H and O–H groups in total. The average Bonchev–Trinajstić information content (AvgIpc) is 3.41. The van der Waals surface area contributed by atoms with E-state index in [0.717, 1.165) is 0 Å². The lowest BCUT2D eigenvalue weighted by Gasteiger charge is -2.15. The first-order valence-electron chi connectivity index (χ1n) is 11.1. The molecule has 0 bridgehead atoms. The maximum Gasteiger partial charge on any atom is 0.414 e. The largest absolute Gasteiger partial charge is 0.442 e. The van der Waals surface area contributed by atoms with Crippen molar-refractivity contribution < 1.29 is 23.5 Å². The second-order valence-electron chi connectivity index (χ2n) is 8.11. The first-order valence-corrected chi connectivity index (χ1v) is 11.8. The minimum absolute atomic E-state index is 0.0289. The molecule has 10 nitrogen and oxygen atoms in total. The highest BCUT2D eigenvalue weighted by atomic mass is 35.5. The van der Waals surface area contributed by atoms with Crippen LogP contribution in [0.15, 0.2) is 30.3 Å². The first kappa shape index (κ1) is 25.7. The van der Waals surface area contributed by atoms with Gasteiger partial charge in [-0.1, -0.05) is 23.2 Å². The lowest BCUT2D eigenvalue weighted by atomic mass is 10.2. The van der Waals surface area contributed by atoms with Gasteiger partial charge in [-0.3, -0.25) is 14.5 Å². The number of nitrogens with zero attached hydrogens (tertiary/aromatic N) is 2. The molecule has 1 aliphatic heterocycles. The van der Waals surface area contributed by atoms with E-state index in [1.165, 1.54) is 24.0 Å². The molecular weight excluding hydrogens is 514 g/mol. The number of amides is 2. The van der Waals surface area contributed by atoms with Crippen LogP contribution in [0.5, 0.6) is 0 Å². The number of fused-ring (bicyclic) bond motifs is 1. The SMILES string of the molecule is CC(=O)NC[C@H]1CN(c2ccc(NCCNCC(=O)c3nc4cc(Cl)c(Cl)cc4[nH]3)c(F)c2)C(=O)O1. The molecule has 3 aromatic rings. The lowest BCUT2D eigenvalue weighted by molar-refractivity contribution is -0.119. The van der Waals surface area contributed by atoms with Crippen molar-refractivity contribution in [1.82, 2.24) is 20.6 Å². The number of rotatable bonds is 10. The molecule has 36 heavy (non-hydrogen) atoms. The fraction of sp³-hybridized carbons (Fsp3) is 0.304. The van der Waals surface area contributed by atoms with Crippen LogP contribution < -0.4 is 20.9 Å². The second kappa shape index (κ2) is 11.1. The molecule has 13 heteroatoms. The number of cyclic esters (lactones) is 1. The highest BCUT2D eigenvalue weighted by Crippen LogP contribution is 2.27. The number of nitrogens with one attached hydrogen (secondary N) is 4. The Labute approximate surface area is 215 Å². The van der Waals surface area contributed by atoms with Gasteiger partial charge in [0.2, 0.25) is 11.7 Å². The van der Waals surface area contributed by atoms with Crippen molar-refractivity contribution in [3.63, 3.8) is 0 Å². The Kier molecular flexibility index (Phi) is 7.92. The topological polar surface area (TPSA) is 128 Å². The van der Waals surface area contributed by atoms with Crippen LogP contribution in [0, 0.1) is 5.82 Å². The van der Waals surface area contributed by atoms with E-state index in [9.17, 15) is 18.8 Å². The summed E-state index contributed by atoms with van der Waals surface area (Å²) in [5, 5.41) is 9.24. The fourth-order valence-corrected chi connectivity index (χ4v) is 3.94. The van der Waals surface area contributed by atoms with Crippen molar-refractivity contribution in [3.8, 4) is 0 Å². The van der Waals surface area contributed by atoms with Gasteiger partial charge in [0.05, 0.1) is 52.1 Å². The Bertz CT molecular complexity index is 1280. The third-order valence-corrected chi connectivity index (χ3v) is 6.13. The van der Waals surface area contributed by atoms with Crippen LogP contribution in [-0.2, 0) is 9.53 Å². The minimum atomic E-state index is -0.602. The summed E-state index contributed by atoms with van der Waals surface area (Å²) >= 11 is 12.0. The quantitative estimate of drug-likeness (QED) is 0.231. The Morgan fingerprint density at radius 3 is 2.75 bits per heavy atom. The van der Waals surface area contributed by atoms with Crippen LogP contribution in [0.2, 0.25) is 10.0 Å². The monoisotopic (exact) mass is 536 g/mol. The van der Waals surface area contributed by atoms with Gasteiger partial charge in [0.15, 0.2) is 5.82 Å². The third-order valence-electron chi connectivity index (χ3n) is 5.41. The number of ketones is 1. The number of aromatic nitrogens is 2. The van der Waals surface area contributed by atoms with Gasteiger partial charge < -0.3 is 25.7 Å². The van der Waals surface area contributed by atoms with Crippen LogP contribution in [0.3, 0.4) is 0 Å². The van der Waals surface area contributed by atoms with Crippen molar-refractivity contribution in [3.05, 3.63) is 52.0 Å². The summed E-state index contributed by atoms with van der Waals surface area (Å²) in [4.78, 5) is 44.0. The lowest BCUT2D eigenvalue weighted by Crippen LogP contribution is -2.33. The number of carbonyl (C=O) groups is 3. The van der Waals surface area contributed by atoms with Crippen LogP contribution in [0.25, 0.3) is 11.0 Å². The van der Waals surface area contributed by atoms with E-state index in [0.29, 0.717) is 39.9 Å². The number of hydrogen-bond donors (Lipinski definition) is 4. The minimum Gasteiger partial charge on any atom is -0.442 e. The molecule has 1 saturated heterocycles. The summed E-state index contributed by atoms with van der Waals surface area (Å²) in [6.07, 6.45) is -1.11. The number of ether oxygens (including phenoxy) is 1. The number of H-pyrrole nitrogens is 1. The van der Waals surface area contributed by atoms with Gasteiger partial charge in [-0.2, -0.15) is 0 Å². The Hall–Kier alpha value is -3.41. The summed E-state index contributed by atoms with van der Waals surface area (Å²) in [5.74, 6) is -0.829. The van der Waals surface area contributed by atoms with Crippen molar-refractivity contribution in [1.29, 1.82) is 0 Å². The Balaban J connectivity index is 1.24. The second-order valence-corrected chi connectivity index (χ2v) is 8.93. The molecule has 190 valence electrons. The fourth-order valence-electron chi connectivity index (χ4n) is 3.62. The standard InChI is InChI=1S/C23H23Cl2FN6O4/c1-12(33)29-9-14-11-32(23(35)36-14)13-2-3-18(17(26)6-13)28-5-4-27-10-21(34)22-30-19-7-15(24)16(25)8-20(19)31-22/h2-3,6-8,14,27-28H,4-5,9-11H2,1H3,(H,29,33)(H,30,31)/t14-/m0/s1. The van der Waals surface area contributed by atoms with Crippen molar-refractivity contribution in [2.75, 3.05) is 42.9 Å². The molecule has 4 rings (SSSR count). The van der Waals surface area contributed by atoms with E-state index in [1.54, 1.807) is 18.2 Å². The van der Waals surface area contributed by atoms with Crippen molar-refractivity contribution in [2.24, 2.45) is 0 Å². The van der Waals surface area contributed by atoms with Crippen LogP contribution in [-0.4, -0.2) is 66.6 Å². The van der Waals surface area contributed by atoms with Crippen LogP contribution >= 0.6 is 23.2 Å². The summed E-state index contributed by atoms with van der Waals surface area (Å²) in [5.41, 5.74) is 1.75. The van der Waals surface area contributed by atoms with Gasteiger partial charge >= 0.3 is 6.09 Å². The summed E-state index contributed by atoms with van der Waals surface area (Å²) in [6, 6.07) is 7.55. The van der Waals surface area contributed by atoms with E-state index < -0.39 is 18.0 Å². The molecule has 1 fully saturated rings. The highest BCUT2D eigenvalue weighted by molar-refractivity contribution is 6.42. The predicted molar refractivity (Wildman–Crippen MR) is 135 cm³/mol. The van der Waals surface area contributed by atoms with Gasteiger partial charge in [-0.25, -0.2) is 14.2 Å². The maximum atomic E-state index is 14.6. The van der Waals surface area contributed by atoms with E-state index in [4.69, 9.17) is 27.9 Å². The number of imidazole rings is 1. The zero-order chi connectivity index (χ0) is 25.8. The first-order chi connectivity index (χ1) is 17.2. The molecular formula is C23H23Cl2FN6O4. The number of carbonyl (C=O) groups excluding carboxylic acids is 3. The van der Waals surface area contributed by atoms with Crippen LogP contribution in [0.4, 0.5) is 20.6 Å². The summed E-state index contributed by atoms with van der Waals surface area (Å²) < 4.78 is 19.8. The van der Waals surface area contributed by atoms with Gasteiger partial charge in [-0.05, 0) is 30.3 Å². The van der Waals surface area contributed by atoms with E-state index in [1.807, 2.05) is 0 Å². The van der Waals surface area contributed by atoms with Gasteiger partial charge in [0.25, 0.3) is 0 Å². The molecule has 0 radical (unpaired) electrons. The van der Waals surface area contributed by atoms with Gasteiger partial charge in [0.1, 0.15) is 11.9 Å². The van der Waals surface area contributed by atoms with Gasteiger partial charge in [0, 0.05) is 20.0 Å². The number of aromatic amines is 1. The zero-order valence-corrected chi connectivity index (χ0v) is 20.7. The van der Waals surface area contributed by atoms with Crippen LogP contribution in [0.1, 0.15) is 17.5 Å². The van der Waals surface area contributed by atoms with Gasteiger partial charge in [-0.15, -0.1) is 0 Å². The van der Waals surface area contributed by atoms with E-state index in [2.05, 4.69) is 25.9 Å². The number of hydrogen-bond acceptors (Lipinski definition) is 7. The van der Waals surface area contributed by atoms with E-state index >= 15 is 0 Å². The zero-order valence-electron chi connectivity index (χ0n) is 19.2. The molecule has 2 aromatic carbocycles. The molecule has 1 aromatic heterocycles. The maximum absolute atomic E-state index is 14.6. The number of Topliss-reactive ketones (excluding diaryl/α,β-unsaturated/α-hetero) is 1. The number of anilines is 2. The highest BCUT2D eigenvalue weighted by Gasteiger charge is 2.32. The smallest absolute Gasteiger partial charge is 0.414 e. The molecule has 0 unspecified atom stereocenters. The Morgan fingerprint density at radius 1 is 1.22 bits per heavy atom. The Morgan fingerprint density at radius 2 is 2.00 bits per heavy atom. The van der Waals surface area contributed by atoms with Crippen molar-refractivity contribution in [2.45, 2.75) is 13.0 Å². The van der Waals surface area contributed by atoms with E-state index in [-0.39, 0.29) is 42.8 Å². The predicted octanol–water partition coefficient (Wildman–Crippen LogP) is 3.35. The molecule has 1 aliphatic rings.